The highest BCUT2D eigenvalue weighted by Crippen LogP contribution is 2.26. The highest BCUT2D eigenvalue weighted by atomic mass is 16.5. The molecule has 0 aliphatic carbocycles. The highest BCUT2D eigenvalue weighted by Gasteiger charge is 2.20. The Kier molecular flexibility index (Phi) is 6.87. The van der Waals surface area contributed by atoms with Gasteiger partial charge in [-0.1, -0.05) is 19.4 Å². The maximum atomic E-state index is 11.2. The van der Waals surface area contributed by atoms with Gasteiger partial charge in [-0.15, -0.1) is 0 Å². The molecule has 0 heterocycles. The minimum atomic E-state index is -0.959. The molecular weight excluding hydrogens is 260 g/mol. The number of unbranched alkanes of at least 4 members (excludes halogenated alkanes) is 1. The number of ether oxygens (including phenoxy) is 3. The predicted molar refractivity (Wildman–Crippen MR) is 75.5 cm³/mol. The lowest BCUT2D eigenvalue weighted by Gasteiger charge is -2.16. The van der Waals surface area contributed by atoms with E-state index < -0.39 is 12.1 Å². The fourth-order valence-electron chi connectivity index (χ4n) is 1.81. The van der Waals surface area contributed by atoms with Crippen LogP contribution in [0.5, 0.6) is 11.5 Å². The van der Waals surface area contributed by atoms with Crippen LogP contribution in [0.4, 0.5) is 0 Å². The molecule has 1 atom stereocenters. The van der Waals surface area contributed by atoms with E-state index in [-0.39, 0.29) is 6.42 Å². The summed E-state index contributed by atoms with van der Waals surface area (Å²) in [5.74, 6) is 0.318. The van der Waals surface area contributed by atoms with Crippen LogP contribution in [0.2, 0.25) is 0 Å². The van der Waals surface area contributed by atoms with Crippen molar-refractivity contribution in [1.82, 2.24) is 0 Å². The normalized spacial score (nSPS) is 11.9. The average molecular weight is 282 g/mol. The van der Waals surface area contributed by atoms with Gasteiger partial charge in [0, 0.05) is 19.1 Å². The fraction of sp³-hybridized carbons (Fsp3) is 0.533. The molecule has 5 nitrogen and oxygen atoms in total. The SMILES string of the molecule is CCCCOC(Cc1ccc(OC)cc1OC)C(=O)O. The lowest BCUT2D eigenvalue weighted by molar-refractivity contribution is -0.150. The number of hydrogen-bond acceptors (Lipinski definition) is 4. The second-order valence-electron chi connectivity index (χ2n) is 4.43. The zero-order valence-corrected chi connectivity index (χ0v) is 12.2. The second-order valence-corrected chi connectivity index (χ2v) is 4.43. The number of aliphatic carboxylic acids is 1. The topological polar surface area (TPSA) is 65.0 Å². The predicted octanol–water partition coefficient (Wildman–Crippen LogP) is 2.52. The van der Waals surface area contributed by atoms with Crippen LogP contribution in [0.15, 0.2) is 18.2 Å². The first-order valence-electron chi connectivity index (χ1n) is 6.67. The minimum absolute atomic E-state index is 0.270. The molecular formula is C15H22O5. The Bertz CT molecular complexity index is 430. The van der Waals surface area contributed by atoms with E-state index in [0.717, 1.165) is 18.4 Å². The van der Waals surface area contributed by atoms with Gasteiger partial charge in [-0.3, -0.25) is 0 Å². The third-order valence-electron chi connectivity index (χ3n) is 2.99. The molecule has 1 unspecified atom stereocenters. The molecule has 0 fully saturated rings. The van der Waals surface area contributed by atoms with Crippen LogP contribution in [0.3, 0.4) is 0 Å². The molecule has 0 aliphatic rings. The van der Waals surface area contributed by atoms with Gasteiger partial charge >= 0.3 is 5.97 Å². The Balaban J connectivity index is 2.79. The Morgan fingerprint density at radius 2 is 2.05 bits per heavy atom. The molecule has 0 saturated carbocycles. The molecule has 1 aromatic rings. The van der Waals surface area contributed by atoms with E-state index in [0.29, 0.717) is 18.1 Å². The third-order valence-corrected chi connectivity index (χ3v) is 2.99. The number of rotatable bonds is 9. The summed E-state index contributed by atoms with van der Waals surface area (Å²) in [4.78, 5) is 11.2. The Morgan fingerprint density at radius 1 is 1.30 bits per heavy atom. The smallest absolute Gasteiger partial charge is 0.333 e. The van der Waals surface area contributed by atoms with Crippen LogP contribution in [-0.2, 0) is 16.0 Å². The van der Waals surface area contributed by atoms with Gasteiger partial charge in [0.25, 0.3) is 0 Å². The molecule has 20 heavy (non-hydrogen) atoms. The number of carboxylic acids is 1. The molecule has 0 radical (unpaired) electrons. The van der Waals surface area contributed by atoms with Crippen LogP contribution in [-0.4, -0.2) is 38.0 Å². The van der Waals surface area contributed by atoms with Crippen molar-refractivity contribution in [3.8, 4) is 11.5 Å². The zero-order valence-electron chi connectivity index (χ0n) is 12.2. The number of carbonyl (C=O) groups is 1. The van der Waals surface area contributed by atoms with Crippen molar-refractivity contribution in [3.63, 3.8) is 0 Å². The third kappa shape index (κ3) is 4.74. The van der Waals surface area contributed by atoms with E-state index in [4.69, 9.17) is 14.2 Å². The van der Waals surface area contributed by atoms with Crippen molar-refractivity contribution >= 4 is 5.97 Å². The summed E-state index contributed by atoms with van der Waals surface area (Å²) in [7, 11) is 3.12. The molecule has 5 heteroatoms. The second kappa shape index (κ2) is 8.43. The van der Waals surface area contributed by atoms with Gasteiger partial charge < -0.3 is 19.3 Å². The van der Waals surface area contributed by atoms with E-state index in [1.165, 1.54) is 0 Å². The van der Waals surface area contributed by atoms with Gasteiger partial charge in [0.05, 0.1) is 14.2 Å². The minimum Gasteiger partial charge on any atom is -0.497 e. The van der Waals surface area contributed by atoms with Crippen LogP contribution >= 0.6 is 0 Å². The highest BCUT2D eigenvalue weighted by molar-refractivity contribution is 5.73. The zero-order chi connectivity index (χ0) is 15.0. The first-order valence-corrected chi connectivity index (χ1v) is 6.67. The molecule has 0 aliphatic heterocycles. The molecule has 0 aromatic heterocycles. The summed E-state index contributed by atoms with van der Waals surface area (Å²) in [6, 6.07) is 5.32. The largest absolute Gasteiger partial charge is 0.497 e. The monoisotopic (exact) mass is 282 g/mol. The van der Waals surface area contributed by atoms with E-state index in [1.807, 2.05) is 6.92 Å². The molecule has 1 rings (SSSR count). The van der Waals surface area contributed by atoms with Gasteiger partial charge in [0.1, 0.15) is 11.5 Å². The van der Waals surface area contributed by atoms with Crippen molar-refractivity contribution in [2.45, 2.75) is 32.3 Å². The van der Waals surface area contributed by atoms with Crippen LogP contribution < -0.4 is 9.47 Å². The van der Waals surface area contributed by atoms with E-state index in [1.54, 1.807) is 32.4 Å². The molecule has 0 amide bonds. The Morgan fingerprint density at radius 3 is 2.60 bits per heavy atom. The van der Waals surface area contributed by atoms with Crippen molar-refractivity contribution in [3.05, 3.63) is 23.8 Å². The van der Waals surface area contributed by atoms with E-state index in [2.05, 4.69) is 0 Å². The maximum absolute atomic E-state index is 11.2. The summed E-state index contributed by atoms with van der Waals surface area (Å²) in [6.07, 6.45) is 1.23. The van der Waals surface area contributed by atoms with Crippen LogP contribution in [0, 0.1) is 0 Å². The average Bonchev–Trinajstić information content (AvgIpc) is 2.46. The molecule has 112 valence electrons. The molecule has 0 spiro atoms. The maximum Gasteiger partial charge on any atom is 0.333 e. The first-order chi connectivity index (χ1) is 9.62. The summed E-state index contributed by atoms with van der Waals surface area (Å²) >= 11 is 0. The van der Waals surface area contributed by atoms with Gasteiger partial charge in [-0.25, -0.2) is 4.79 Å². The fourth-order valence-corrected chi connectivity index (χ4v) is 1.81. The van der Waals surface area contributed by atoms with Gasteiger partial charge in [0.15, 0.2) is 6.10 Å². The Hall–Kier alpha value is -1.75. The molecule has 0 saturated heterocycles. The summed E-state index contributed by atoms with van der Waals surface area (Å²) in [5.41, 5.74) is 0.789. The van der Waals surface area contributed by atoms with Crippen LogP contribution in [0.1, 0.15) is 25.3 Å². The van der Waals surface area contributed by atoms with Gasteiger partial charge in [-0.2, -0.15) is 0 Å². The molecule has 1 N–H and O–H groups in total. The van der Waals surface area contributed by atoms with E-state index in [9.17, 15) is 9.90 Å². The number of benzene rings is 1. The summed E-state index contributed by atoms with van der Waals surface area (Å²) in [5, 5.41) is 9.21. The van der Waals surface area contributed by atoms with Crippen molar-refractivity contribution < 1.29 is 24.1 Å². The lowest BCUT2D eigenvalue weighted by Crippen LogP contribution is -2.27. The molecule has 1 aromatic carbocycles. The lowest BCUT2D eigenvalue weighted by atomic mass is 10.1. The summed E-state index contributed by atoms with van der Waals surface area (Å²) < 4.78 is 15.8. The Labute approximate surface area is 119 Å². The number of methoxy groups -OCH3 is 2. The van der Waals surface area contributed by atoms with Crippen molar-refractivity contribution in [2.75, 3.05) is 20.8 Å². The van der Waals surface area contributed by atoms with Crippen molar-refractivity contribution in [1.29, 1.82) is 0 Å². The van der Waals surface area contributed by atoms with Gasteiger partial charge in [0.2, 0.25) is 0 Å². The van der Waals surface area contributed by atoms with Crippen molar-refractivity contribution in [2.24, 2.45) is 0 Å². The standard InChI is InChI=1S/C15H22O5/c1-4-5-8-20-14(15(16)17)9-11-6-7-12(18-2)10-13(11)19-3/h6-7,10,14H,4-5,8-9H2,1-3H3,(H,16,17). The van der Waals surface area contributed by atoms with Crippen LogP contribution in [0.25, 0.3) is 0 Å². The summed E-state index contributed by atoms with van der Waals surface area (Å²) in [6.45, 7) is 2.48. The molecule has 0 bridgehead atoms. The first kappa shape index (κ1) is 16.3. The quantitative estimate of drug-likeness (QED) is 0.705. The van der Waals surface area contributed by atoms with Gasteiger partial charge in [-0.05, 0) is 18.1 Å². The number of carboxylic acid groups (broad SMARTS) is 1. The number of hydrogen-bond donors (Lipinski definition) is 1. The van der Waals surface area contributed by atoms with E-state index >= 15 is 0 Å².